The van der Waals surface area contributed by atoms with Gasteiger partial charge in [0.25, 0.3) is 0 Å². The van der Waals surface area contributed by atoms with Crippen molar-refractivity contribution in [3.63, 3.8) is 0 Å². The first kappa shape index (κ1) is 33.3. The van der Waals surface area contributed by atoms with Gasteiger partial charge in [0.15, 0.2) is 0 Å². The van der Waals surface area contributed by atoms with Crippen molar-refractivity contribution in [1.82, 2.24) is 9.29 Å². The fraction of sp³-hybridized carbons (Fsp3) is 0.344. The third-order valence-electron chi connectivity index (χ3n) is 7.99. The van der Waals surface area contributed by atoms with Crippen LogP contribution in [-0.4, -0.2) is 61.2 Å². The van der Waals surface area contributed by atoms with E-state index in [9.17, 15) is 26.7 Å². The van der Waals surface area contributed by atoms with Crippen molar-refractivity contribution in [3.05, 3.63) is 99.0 Å². The number of sulfonamides is 1. The van der Waals surface area contributed by atoms with E-state index in [1.165, 1.54) is 7.11 Å². The number of nitrogens with one attached hydrogen (secondary N) is 1. The molecule has 3 aromatic carbocycles. The highest BCUT2D eigenvalue weighted by Crippen LogP contribution is 2.39. The topological polar surface area (TPSA) is 91.8 Å². The number of aliphatic hydroxyl groups excluding tert-OH is 1. The molecule has 7 nitrogen and oxygen atoms in total. The Balaban J connectivity index is 1.60. The highest BCUT2D eigenvalue weighted by atomic mass is 35.5. The summed E-state index contributed by atoms with van der Waals surface area (Å²) >= 11 is 12.5. The lowest BCUT2D eigenvalue weighted by atomic mass is 9.83. The van der Waals surface area contributed by atoms with Gasteiger partial charge in [-0.1, -0.05) is 53.5 Å². The Hall–Kier alpha value is -3.09. The van der Waals surface area contributed by atoms with E-state index in [-0.39, 0.29) is 44.5 Å². The second kappa shape index (κ2) is 13.7. The average molecular weight is 683 g/mol. The molecule has 5 rings (SSSR count). The fourth-order valence-electron chi connectivity index (χ4n) is 5.75. The number of hydrogen-bond donors (Lipinski definition) is 2. The summed E-state index contributed by atoms with van der Waals surface area (Å²) in [5.41, 5.74) is -0.205. The Labute approximate surface area is 270 Å². The third-order valence-corrected chi connectivity index (χ3v) is 10.1. The zero-order valence-corrected chi connectivity index (χ0v) is 26.6. The van der Waals surface area contributed by atoms with Crippen molar-refractivity contribution in [2.24, 2.45) is 0 Å². The summed E-state index contributed by atoms with van der Waals surface area (Å²) < 4.78 is 69.3. The number of hydrogen-bond acceptors (Lipinski definition) is 6. The molecule has 1 aromatic heterocycles. The lowest BCUT2D eigenvalue weighted by molar-refractivity contribution is -0.0494. The summed E-state index contributed by atoms with van der Waals surface area (Å²) in [6, 6.07) is 20.7. The first-order chi connectivity index (χ1) is 21.4. The van der Waals surface area contributed by atoms with E-state index >= 15 is 0 Å². The molecule has 1 fully saturated rings. The summed E-state index contributed by atoms with van der Waals surface area (Å²) in [5, 5.41) is 15.1. The summed E-state index contributed by atoms with van der Waals surface area (Å²) in [6.07, 6.45) is 1.38. The van der Waals surface area contributed by atoms with Gasteiger partial charge >= 0.3 is 15.5 Å². The Morgan fingerprint density at radius 2 is 1.56 bits per heavy atom. The van der Waals surface area contributed by atoms with Crippen LogP contribution >= 0.6 is 23.2 Å². The number of halogens is 5. The van der Waals surface area contributed by atoms with E-state index in [1.807, 2.05) is 54.6 Å². The summed E-state index contributed by atoms with van der Waals surface area (Å²) in [7, 11) is -3.89. The number of alkyl halides is 3. The lowest BCUT2D eigenvalue weighted by Crippen LogP contribution is -2.47. The molecule has 0 bridgehead atoms. The number of benzene rings is 3. The molecule has 4 aromatic rings. The van der Waals surface area contributed by atoms with Gasteiger partial charge in [-0.15, -0.1) is 0 Å². The Bertz CT molecular complexity index is 1700. The molecule has 45 heavy (non-hydrogen) atoms. The number of methoxy groups -OCH3 is 1. The summed E-state index contributed by atoms with van der Waals surface area (Å²) in [6.45, 7) is -0.540. The monoisotopic (exact) mass is 681 g/mol. The quantitative estimate of drug-likeness (QED) is 0.170. The van der Waals surface area contributed by atoms with Crippen LogP contribution in [0.2, 0.25) is 10.0 Å². The van der Waals surface area contributed by atoms with E-state index in [2.05, 4.69) is 11.4 Å². The lowest BCUT2D eigenvalue weighted by Gasteiger charge is -2.32. The maximum atomic E-state index is 13.1. The molecule has 2 heterocycles. The van der Waals surface area contributed by atoms with Crippen LogP contribution in [0.1, 0.15) is 47.4 Å². The molecule has 2 N–H and O–H groups in total. The predicted octanol–water partition coefficient (Wildman–Crippen LogP) is 7.38. The van der Waals surface area contributed by atoms with Crippen molar-refractivity contribution in [2.75, 3.05) is 32.1 Å². The molecule has 0 saturated carbocycles. The van der Waals surface area contributed by atoms with Crippen LogP contribution in [-0.2, 0) is 16.4 Å². The number of anilines is 1. The van der Waals surface area contributed by atoms with Gasteiger partial charge in [0.1, 0.15) is 0 Å². The number of aliphatic hydroxyl groups is 1. The first-order valence-electron chi connectivity index (χ1n) is 14.4. The fourth-order valence-corrected chi connectivity index (χ4v) is 6.98. The second-order valence-electron chi connectivity index (χ2n) is 10.9. The number of aromatic nitrogens is 1. The smallest absolute Gasteiger partial charge is 0.481 e. The van der Waals surface area contributed by atoms with Gasteiger partial charge < -0.3 is 15.2 Å². The van der Waals surface area contributed by atoms with Gasteiger partial charge in [-0.3, -0.25) is 0 Å². The maximum Gasteiger partial charge on any atom is 0.511 e. The molecule has 0 spiro atoms. The van der Waals surface area contributed by atoms with Crippen molar-refractivity contribution in [2.45, 2.75) is 43.2 Å². The van der Waals surface area contributed by atoms with Crippen LogP contribution in [0.5, 0.6) is 5.88 Å². The van der Waals surface area contributed by atoms with Crippen LogP contribution in [0, 0.1) is 0 Å². The zero-order valence-electron chi connectivity index (χ0n) is 24.3. The Morgan fingerprint density at radius 1 is 0.978 bits per heavy atom. The molecule has 0 atom stereocenters. The number of fused-ring (bicyclic) bond motifs is 1. The van der Waals surface area contributed by atoms with Crippen molar-refractivity contribution in [1.29, 1.82) is 0 Å². The standard InChI is InChI=1S/C32H32Cl2F3N3O4S/c1-44-29-19-28(38-26-12-14-40(15-13-26)45(42,43)32(35,36)37)27-18-23(17-22(3-2-16-41)31(27)39-29)30(20-4-8-24(33)9-5-20)21-6-10-25(34)11-7-21/h4-11,17-19,26,30,41H,2-3,12-16H2,1H3,(H,38,39). The molecule has 1 aliphatic heterocycles. The highest BCUT2D eigenvalue weighted by Gasteiger charge is 2.50. The number of rotatable bonds is 10. The first-order valence-corrected chi connectivity index (χ1v) is 16.6. The van der Waals surface area contributed by atoms with Crippen molar-refractivity contribution >= 4 is 49.8 Å². The van der Waals surface area contributed by atoms with E-state index in [1.54, 1.807) is 6.07 Å². The zero-order chi connectivity index (χ0) is 32.4. The van der Waals surface area contributed by atoms with Gasteiger partial charge in [-0.05, 0) is 78.3 Å². The predicted molar refractivity (Wildman–Crippen MR) is 171 cm³/mol. The van der Waals surface area contributed by atoms with Crippen LogP contribution < -0.4 is 10.1 Å². The average Bonchev–Trinajstić information content (AvgIpc) is 3.01. The molecule has 240 valence electrons. The number of ether oxygens (including phenoxy) is 1. The Kier molecular flexibility index (Phi) is 10.1. The second-order valence-corrected chi connectivity index (χ2v) is 13.7. The van der Waals surface area contributed by atoms with Crippen LogP contribution in [0.3, 0.4) is 0 Å². The number of piperidine rings is 1. The van der Waals surface area contributed by atoms with E-state index in [0.29, 0.717) is 44.3 Å². The number of aryl methyl sites for hydroxylation is 1. The molecule has 1 saturated heterocycles. The van der Waals surface area contributed by atoms with E-state index in [0.717, 1.165) is 27.6 Å². The normalized spacial score (nSPS) is 15.1. The maximum absolute atomic E-state index is 13.1. The molecule has 0 unspecified atom stereocenters. The highest BCUT2D eigenvalue weighted by molar-refractivity contribution is 7.90. The minimum absolute atomic E-state index is 0.0159. The molecule has 0 amide bonds. The van der Waals surface area contributed by atoms with E-state index < -0.39 is 15.5 Å². The molecule has 1 aliphatic rings. The molecular weight excluding hydrogens is 650 g/mol. The molecule has 0 radical (unpaired) electrons. The van der Waals surface area contributed by atoms with Gasteiger partial charge in [0, 0.05) is 58.8 Å². The van der Waals surface area contributed by atoms with Gasteiger partial charge in [0.2, 0.25) is 5.88 Å². The minimum atomic E-state index is -5.39. The largest absolute Gasteiger partial charge is 0.511 e. The van der Waals surface area contributed by atoms with Gasteiger partial charge in [0.05, 0.1) is 12.6 Å². The summed E-state index contributed by atoms with van der Waals surface area (Å²) in [4.78, 5) is 4.75. The Morgan fingerprint density at radius 3 is 2.07 bits per heavy atom. The van der Waals surface area contributed by atoms with Crippen LogP contribution in [0.4, 0.5) is 18.9 Å². The third kappa shape index (κ3) is 7.33. The van der Waals surface area contributed by atoms with Crippen LogP contribution in [0.15, 0.2) is 66.7 Å². The number of pyridine rings is 1. The molecule has 0 aliphatic carbocycles. The summed E-state index contributed by atoms with van der Waals surface area (Å²) in [5.74, 6) is 0.120. The molecular formula is C32H32Cl2F3N3O4S. The minimum Gasteiger partial charge on any atom is -0.481 e. The van der Waals surface area contributed by atoms with Crippen molar-refractivity contribution < 1.29 is 31.4 Å². The van der Waals surface area contributed by atoms with E-state index in [4.69, 9.17) is 32.9 Å². The molecule has 13 heteroatoms. The van der Waals surface area contributed by atoms with Gasteiger partial charge in [-0.2, -0.15) is 17.5 Å². The van der Waals surface area contributed by atoms with Gasteiger partial charge in [-0.25, -0.2) is 13.4 Å². The van der Waals surface area contributed by atoms with Crippen molar-refractivity contribution in [3.8, 4) is 5.88 Å². The van der Waals surface area contributed by atoms with Crippen LogP contribution in [0.25, 0.3) is 10.9 Å². The number of nitrogens with zero attached hydrogens (tertiary/aromatic N) is 2. The SMILES string of the molecule is COc1cc(NC2CCN(S(=O)(=O)C(F)(F)F)CC2)c2cc(C(c3ccc(Cl)cc3)c3ccc(Cl)cc3)cc(CCCO)c2n1.